The molecule has 0 unspecified atom stereocenters. The van der Waals surface area contributed by atoms with Gasteiger partial charge in [-0.3, -0.25) is 0 Å². The molecule has 1 aromatic rings. The summed E-state index contributed by atoms with van der Waals surface area (Å²) in [5.74, 6) is -0.116. The van der Waals surface area contributed by atoms with Crippen LogP contribution in [0.25, 0.3) is 0 Å². The van der Waals surface area contributed by atoms with Crippen molar-refractivity contribution in [1.29, 1.82) is 0 Å². The van der Waals surface area contributed by atoms with Gasteiger partial charge in [0.1, 0.15) is 5.75 Å². The number of esters is 1. The number of benzene rings is 1. The molecule has 3 nitrogen and oxygen atoms in total. The number of methoxy groups -OCH3 is 1. The normalized spacial score (nSPS) is 10.4. The van der Waals surface area contributed by atoms with E-state index in [4.69, 9.17) is 5.11 Å². The van der Waals surface area contributed by atoms with Gasteiger partial charge in [-0.05, 0) is 24.1 Å². The summed E-state index contributed by atoms with van der Waals surface area (Å²) in [5, 5.41) is 9.02. The first-order valence-electron chi connectivity index (χ1n) is 4.25. The zero-order chi connectivity index (χ0) is 10.4. The van der Waals surface area contributed by atoms with Gasteiger partial charge in [0.15, 0.2) is 0 Å². The molecule has 0 saturated heterocycles. The highest BCUT2D eigenvalue weighted by Crippen LogP contribution is 2.10. The van der Waals surface area contributed by atoms with E-state index in [1.165, 1.54) is 13.2 Å². The van der Waals surface area contributed by atoms with Crippen LogP contribution >= 0.6 is 0 Å². The summed E-state index contributed by atoms with van der Waals surface area (Å²) in [5.41, 5.74) is 1.03. The van der Waals surface area contributed by atoms with Crippen molar-refractivity contribution in [1.82, 2.24) is 0 Å². The molecular formula is C11H12O3. The Labute approximate surface area is 82.6 Å². The summed E-state index contributed by atoms with van der Waals surface area (Å²) >= 11 is 0. The highest BCUT2D eigenvalue weighted by Gasteiger charge is 1.92. The molecule has 0 bridgehead atoms. The predicted octanol–water partition coefficient (Wildman–Crippen LogP) is 1.66. The molecule has 3 heteroatoms. The first kappa shape index (κ1) is 10.3. The van der Waals surface area contributed by atoms with Crippen LogP contribution in [0.5, 0.6) is 5.75 Å². The number of phenols is 1. The van der Waals surface area contributed by atoms with Gasteiger partial charge in [0.25, 0.3) is 0 Å². The first-order valence-corrected chi connectivity index (χ1v) is 4.25. The van der Waals surface area contributed by atoms with Gasteiger partial charge in [-0.25, -0.2) is 4.79 Å². The molecule has 0 aliphatic rings. The van der Waals surface area contributed by atoms with Crippen LogP contribution < -0.4 is 0 Å². The Kier molecular flexibility index (Phi) is 3.73. The third-order valence-corrected chi connectivity index (χ3v) is 1.75. The highest BCUT2D eigenvalue weighted by atomic mass is 16.5. The van der Waals surface area contributed by atoms with Crippen LogP contribution in [0.15, 0.2) is 36.4 Å². The largest absolute Gasteiger partial charge is 0.508 e. The summed E-state index contributed by atoms with van der Waals surface area (Å²) < 4.78 is 4.44. The number of ether oxygens (including phenoxy) is 1. The number of hydrogen-bond acceptors (Lipinski definition) is 3. The molecule has 0 heterocycles. The van der Waals surface area contributed by atoms with Crippen molar-refractivity contribution >= 4 is 5.97 Å². The van der Waals surface area contributed by atoms with Crippen LogP contribution in [0.3, 0.4) is 0 Å². The molecule has 0 fully saturated rings. The minimum absolute atomic E-state index is 0.241. The molecule has 0 aliphatic heterocycles. The number of carbonyl (C=O) groups is 1. The molecule has 1 rings (SSSR count). The standard InChI is InChI=1S/C11H12O3/c1-14-11(13)4-2-3-9-5-7-10(12)8-6-9/h2,4-8,12H,3H2,1H3/b4-2+. The monoisotopic (exact) mass is 192 g/mol. The maximum atomic E-state index is 10.7. The molecule has 0 aromatic heterocycles. The summed E-state index contributed by atoms with van der Waals surface area (Å²) in [6, 6.07) is 6.83. The van der Waals surface area contributed by atoms with Gasteiger partial charge in [-0.1, -0.05) is 18.2 Å². The summed E-state index contributed by atoms with van der Waals surface area (Å²) in [4.78, 5) is 10.7. The average Bonchev–Trinajstić information content (AvgIpc) is 2.21. The van der Waals surface area contributed by atoms with Crippen molar-refractivity contribution in [2.45, 2.75) is 6.42 Å². The van der Waals surface area contributed by atoms with Crippen molar-refractivity contribution in [3.63, 3.8) is 0 Å². The highest BCUT2D eigenvalue weighted by molar-refractivity contribution is 5.81. The predicted molar refractivity (Wildman–Crippen MR) is 53.0 cm³/mol. The lowest BCUT2D eigenvalue weighted by molar-refractivity contribution is -0.134. The summed E-state index contributed by atoms with van der Waals surface area (Å²) in [6.07, 6.45) is 3.75. The van der Waals surface area contributed by atoms with E-state index >= 15 is 0 Å². The van der Waals surface area contributed by atoms with Crippen molar-refractivity contribution in [3.05, 3.63) is 42.0 Å². The number of allylic oxidation sites excluding steroid dienone is 1. The van der Waals surface area contributed by atoms with Gasteiger partial charge in [-0.15, -0.1) is 0 Å². The van der Waals surface area contributed by atoms with Gasteiger partial charge < -0.3 is 9.84 Å². The fourth-order valence-corrected chi connectivity index (χ4v) is 0.991. The molecule has 74 valence electrons. The van der Waals surface area contributed by atoms with Crippen LogP contribution in [0.2, 0.25) is 0 Å². The SMILES string of the molecule is COC(=O)/C=C/Cc1ccc(O)cc1. The van der Waals surface area contributed by atoms with Gasteiger partial charge in [0.05, 0.1) is 7.11 Å². The molecule has 0 radical (unpaired) electrons. The maximum Gasteiger partial charge on any atom is 0.330 e. The van der Waals surface area contributed by atoms with E-state index in [1.54, 1.807) is 30.3 Å². The smallest absolute Gasteiger partial charge is 0.330 e. The lowest BCUT2D eigenvalue weighted by Crippen LogP contribution is -1.93. The Bertz CT molecular complexity index is 325. The lowest BCUT2D eigenvalue weighted by Gasteiger charge is -1.96. The number of aromatic hydroxyl groups is 1. The van der Waals surface area contributed by atoms with E-state index in [1.807, 2.05) is 0 Å². The van der Waals surface area contributed by atoms with Crippen molar-refractivity contribution in [2.75, 3.05) is 7.11 Å². The van der Waals surface area contributed by atoms with Crippen LogP contribution in [-0.4, -0.2) is 18.2 Å². The Hall–Kier alpha value is -1.77. The quantitative estimate of drug-likeness (QED) is 0.585. The van der Waals surface area contributed by atoms with E-state index in [-0.39, 0.29) is 11.7 Å². The number of rotatable bonds is 3. The van der Waals surface area contributed by atoms with Gasteiger partial charge in [0, 0.05) is 6.08 Å². The van der Waals surface area contributed by atoms with E-state index in [2.05, 4.69) is 4.74 Å². The zero-order valence-electron chi connectivity index (χ0n) is 7.93. The number of phenolic OH excluding ortho intramolecular Hbond substituents is 1. The van der Waals surface area contributed by atoms with Crippen molar-refractivity contribution < 1.29 is 14.6 Å². The zero-order valence-corrected chi connectivity index (χ0v) is 7.93. The molecule has 0 aliphatic carbocycles. The molecule has 1 N–H and O–H groups in total. The topological polar surface area (TPSA) is 46.5 Å². The maximum absolute atomic E-state index is 10.7. The van der Waals surface area contributed by atoms with E-state index < -0.39 is 0 Å². The van der Waals surface area contributed by atoms with E-state index in [0.717, 1.165) is 5.56 Å². The van der Waals surface area contributed by atoms with Gasteiger partial charge >= 0.3 is 5.97 Å². The Morgan fingerprint density at radius 2 is 2.07 bits per heavy atom. The summed E-state index contributed by atoms with van der Waals surface area (Å²) in [7, 11) is 1.34. The van der Waals surface area contributed by atoms with Gasteiger partial charge in [-0.2, -0.15) is 0 Å². The average molecular weight is 192 g/mol. The van der Waals surface area contributed by atoms with E-state index in [9.17, 15) is 4.79 Å². The fraction of sp³-hybridized carbons (Fsp3) is 0.182. The Morgan fingerprint density at radius 3 is 2.64 bits per heavy atom. The molecule has 1 aromatic carbocycles. The molecule has 14 heavy (non-hydrogen) atoms. The van der Waals surface area contributed by atoms with Crippen molar-refractivity contribution in [2.24, 2.45) is 0 Å². The van der Waals surface area contributed by atoms with Crippen LogP contribution in [-0.2, 0) is 16.0 Å². The van der Waals surface area contributed by atoms with Crippen LogP contribution in [0.4, 0.5) is 0 Å². The molecule has 0 saturated carbocycles. The molecule has 0 atom stereocenters. The first-order chi connectivity index (χ1) is 6.72. The fourth-order valence-electron chi connectivity index (χ4n) is 0.991. The second-order valence-corrected chi connectivity index (χ2v) is 2.80. The molecule has 0 spiro atoms. The minimum Gasteiger partial charge on any atom is -0.508 e. The summed E-state index contributed by atoms with van der Waals surface area (Å²) in [6.45, 7) is 0. The van der Waals surface area contributed by atoms with E-state index in [0.29, 0.717) is 6.42 Å². The minimum atomic E-state index is -0.358. The van der Waals surface area contributed by atoms with Crippen LogP contribution in [0.1, 0.15) is 5.56 Å². The second-order valence-electron chi connectivity index (χ2n) is 2.80. The molecule has 0 amide bonds. The third-order valence-electron chi connectivity index (χ3n) is 1.75. The Morgan fingerprint density at radius 1 is 1.43 bits per heavy atom. The van der Waals surface area contributed by atoms with Gasteiger partial charge in [0.2, 0.25) is 0 Å². The Balaban J connectivity index is 2.49. The molecular weight excluding hydrogens is 180 g/mol. The number of carbonyl (C=O) groups excluding carboxylic acids is 1. The number of hydrogen-bond donors (Lipinski definition) is 1. The lowest BCUT2D eigenvalue weighted by atomic mass is 10.1. The second kappa shape index (κ2) is 5.07. The van der Waals surface area contributed by atoms with Crippen LogP contribution in [0, 0.1) is 0 Å². The van der Waals surface area contributed by atoms with Crippen molar-refractivity contribution in [3.8, 4) is 5.75 Å². The third kappa shape index (κ3) is 3.31.